The first-order valence-electron chi connectivity index (χ1n) is 10.2. The van der Waals surface area contributed by atoms with Gasteiger partial charge in [0.1, 0.15) is 22.5 Å². The molecule has 0 bridgehead atoms. The number of amides is 1. The highest BCUT2D eigenvalue weighted by Gasteiger charge is 2.57. The number of thiazole rings is 1. The van der Waals surface area contributed by atoms with Gasteiger partial charge in [0.05, 0.1) is 35.8 Å². The molecule has 2 aliphatic rings. The fourth-order valence-corrected chi connectivity index (χ4v) is 5.06. The number of esters is 2. The number of nitrogens with zero attached hydrogens (tertiary/aromatic N) is 3. The zero-order valence-corrected chi connectivity index (χ0v) is 19.0. The largest absolute Gasteiger partial charge is 0.427 e. The Morgan fingerprint density at radius 2 is 2.06 bits per heavy atom. The maximum atomic E-state index is 13.0. The van der Waals surface area contributed by atoms with Crippen molar-refractivity contribution in [2.45, 2.75) is 52.9 Å². The maximum absolute atomic E-state index is 13.0. The van der Waals surface area contributed by atoms with E-state index in [2.05, 4.69) is 4.98 Å². The number of hydrogen-bond donors (Lipinski definition) is 2. The number of rotatable bonds is 6. The minimum absolute atomic E-state index is 0.0719. The highest BCUT2D eigenvalue weighted by Crippen LogP contribution is 2.47. The van der Waals surface area contributed by atoms with Crippen molar-refractivity contribution in [1.82, 2.24) is 14.3 Å². The van der Waals surface area contributed by atoms with Crippen molar-refractivity contribution in [2.75, 3.05) is 6.79 Å². The lowest BCUT2D eigenvalue weighted by molar-refractivity contribution is -0.175. The van der Waals surface area contributed by atoms with Crippen molar-refractivity contribution in [3.05, 3.63) is 28.8 Å². The summed E-state index contributed by atoms with van der Waals surface area (Å²) in [6.45, 7) is 5.80. The first-order valence-corrected chi connectivity index (χ1v) is 11.1. The standard InChI is InChI=1S/C21H25N3O7S/c1-10(26)15-13-5-11(14-7-32-18-12(6-25)22-8-23(14)18)16(24(13)17(15)27)19(28)30-9-31-20(29)21(2,3)4/h7-8,10,13,15,25-26H,5-6,9H2,1-4H3/t10-,13-,15-/m1/s1. The molecule has 4 rings (SSSR count). The number of hydrogen-bond acceptors (Lipinski definition) is 9. The van der Waals surface area contributed by atoms with E-state index in [0.717, 1.165) is 4.83 Å². The molecule has 2 aliphatic heterocycles. The van der Waals surface area contributed by atoms with Crippen LogP contribution in [0.5, 0.6) is 0 Å². The molecule has 1 amide bonds. The average molecular weight is 464 g/mol. The lowest BCUT2D eigenvalue weighted by Crippen LogP contribution is -2.61. The summed E-state index contributed by atoms with van der Waals surface area (Å²) < 4.78 is 12.0. The molecule has 0 aromatic carbocycles. The molecule has 0 saturated carbocycles. The second kappa shape index (κ2) is 7.98. The molecule has 1 saturated heterocycles. The van der Waals surface area contributed by atoms with Crippen molar-refractivity contribution in [3.8, 4) is 0 Å². The second-order valence-electron chi connectivity index (χ2n) is 8.95. The maximum Gasteiger partial charge on any atom is 0.358 e. The summed E-state index contributed by atoms with van der Waals surface area (Å²) in [6, 6.07) is -0.368. The second-order valence-corrected chi connectivity index (χ2v) is 9.81. The normalized spacial score (nSPS) is 21.6. The van der Waals surface area contributed by atoms with Crippen LogP contribution in [0.2, 0.25) is 0 Å². The molecule has 0 aliphatic carbocycles. The van der Waals surface area contributed by atoms with Crippen LogP contribution < -0.4 is 0 Å². The van der Waals surface area contributed by atoms with Crippen molar-refractivity contribution in [2.24, 2.45) is 11.3 Å². The van der Waals surface area contributed by atoms with E-state index >= 15 is 0 Å². The fraction of sp³-hybridized carbons (Fsp3) is 0.524. The molecule has 0 spiro atoms. The fourth-order valence-electron chi connectivity index (χ4n) is 4.07. The summed E-state index contributed by atoms with van der Waals surface area (Å²) in [7, 11) is 0. The van der Waals surface area contributed by atoms with Gasteiger partial charge in [-0.2, -0.15) is 0 Å². The van der Waals surface area contributed by atoms with Gasteiger partial charge in [0, 0.05) is 11.0 Å². The third-order valence-electron chi connectivity index (χ3n) is 5.71. The first-order chi connectivity index (χ1) is 15.1. The number of fused-ring (bicyclic) bond motifs is 2. The molecule has 32 heavy (non-hydrogen) atoms. The molecule has 4 heterocycles. The monoisotopic (exact) mass is 463 g/mol. The summed E-state index contributed by atoms with van der Waals surface area (Å²) >= 11 is 1.36. The molecule has 172 valence electrons. The molecular weight excluding hydrogens is 438 g/mol. The van der Waals surface area contributed by atoms with Crippen LogP contribution in [0.25, 0.3) is 10.4 Å². The lowest BCUT2D eigenvalue weighted by Gasteiger charge is -2.44. The number of carbonyl (C=O) groups excluding carboxylic acids is 3. The summed E-state index contributed by atoms with van der Waals surface area (Å²) in [5.41, 5.74) is 1.07. The molecule has 2 aromatic rings. The van der Waals surface area contributed by atoms with Crippen molar-refractivity contribution < 1.29 is 34.1 Å². The molecule has 2 N–H and O–H groups in total. The summed E-state index contributed by atoms with van der Waals surface area (Å²) in [5.74, 6) is -2.28. The number of aromatic nitrogens is 2. The van der Waals surface area contributed by atoms with E-state index in [0.29, 0.717) is 23.4 Å². The molecule has 1 fully saturated rings. The molecule has 11 heteroatoms. The Kier molecular flexibility index (Phi) is 5.60. The average Bonchev–Trinajstić information content (AvgIpc) is 3.38. The Morgan fingerprint density at radius 1 is 1.34 bits per heavy atom. The third kappa shape index (κ3) is 3.50. The van der Waals surface area contributed by atoms with E-state index in [1.165, 1.54) is 16.2 Å². The molecule has 3 atom stereocenters. The zero-order chi connectivity index (χ0) is 23.4. The molecular formula is C21H25N3O7S. The van der Waals surface area contributed by atoms with Crippen molar-refractivity contribution in [1.29, 1.82) is 0 Å². The number of β-lactam (4-membered cyclic amide) rings is 1. The van der Waals surface area contributed by atoms with Crippen molar-refractivity contribution in [3.63, 3.8) is 0 Å². The highest BCUT2D eigenvalue weighted by atomic mass is 32.1. The highest BCUT2D eigenvalue weighted by molar-refractivity contribution is 7.15. The van der Waals surface area contributed by atoms with Crippen LogP contribution >= 0.6 is 11.3 Å². The van der Waals surface area contributed by atoms with Crippen LogP contribution in [0.15, 0.2) is 17.4 Å². The summed E-state index contributed by atoms with van der Waals surface area (Å²) in [4.78, 5) is 44.0. The van der Waals surface area contributed by atoms with E-state index < -0.39 is 36.2 Å². The van der Waals surface area contributed by atoms with Gasteiger partial charge in [0.25, 0.3) is 0 Å². The van der Waals surface area contributed by atoms with Crippen LogP contribution in [-0.4, -0.2) is 61.3 Å². The Hall–Kier alpha value is -2.76. The number of aliphatic hydroxyl groups excluding tert-OH is 2. The van der Waals surface area contributed by atoms with Crippen LogP contribution in [0.4, 0.5) is 0 Å². The van der Waals surface area contributed by atoms with E-state index in [1.54, 1.807) is 38.4 Å². The first kappa shape index (κ1) is 22.4. The number of imidazole rings is 1. The van der Waals surface area contributed by atoms with Gasteiger partial charge >= 0.3 is 11.9 Å². The molecule has 2 aromatic heterocycles. The van der Waals surface area contributed by atoms with E-state index in [-0.39, 0.29) is 24.3 Å². The molecule has 0 unspecified atom stereocenters. The van der Waals surface area contributed by atoms with Gasteiger partial charge in [0.15, 0.2) is 0 Å². The lowest BCUT2D eigenvalue weighted by atomic mass is 9.83. The predicted octanol–water partition coefficient (Wildman–Crippen LogP) is 1.30. The Labute approximate surface area is 188 Å². The van der Waals surface area contributed by atoms with Gasteiger partial charge in [-0.05, 0) is 34.1 Å². The van der Waals surface area contributed by atoms with Crippen LogP contribution in [0.1, 0.15) is 45.5 Å². The van der Waals surface area contributed by atoms with Gasteiger partial charge in [-0.1, -0.05) is 0 Å². The summed E-state index contributed by atoms with van der Waals surface area (Å²) in [6.07, 6.45) is 1.05. The van der Waals surface area contributed by atoms with Crippen LogP contribution in [0, 0.1) is 11.3 Å². The van der Waals surface area contributed by atoms with E-state index in [1.807, 2.05) is 5.38 Å². The Balaban J connectivity index is 1.66. The van der Waals surface area contributed by atoms with Gasteiger partial charge in [0.2, 0.25) is 12.7 Å². The zero-order valence-electron chi connectivity index (χ0n) is 18.2. The number of carbonyl (C=O) groups is 3. The van der Waals surface area contributed by atoms with Crippen molar-refractivity contribution >= 4 is 39.6 Å². The van der Waals surface area contributed by atoms with E-state index in [4.69, 9.17) is 9.47 Å². The third-order valence-corrected chi connectivity index (χ3v) is 6.71. The Bertz CT molecular complexity index is 1120. The number of aliphatic hydroxyl groups is 2. The smallest absolute Gasteiger partial charge is 0.358 e. The molecule has 10 nitrogen and oxygen atoms in total. The Morgan fingerprint density at radius 3 is 2.69 bits per heavy atom. The minimum atomic E-state index is -0.857. The van der Waals surface area contributed by atoms with Gasteiger partial charge < -0.3 is 24.6 Å². The van der Waals surface area contributed by atoms with Crippen LogP contribution in [-0.2, 0) is 30.5 Å². The van der Waals surface area contributed by atoms with Crippen LogP contribution in [0.3, 0.4) is 0 Å². The minimum Gasteiger partial charge on any atom is -0.427 e. The van der Waals surface area contributed by atoms with Gasteiger partial charge in [-0.3, -0.25) is 14.0 Å². The number of ether oxygens (including phenoxy) is 2. The predicted molar refractivity (Wildman–Crippen MR) is 113 cm³/mol. The molecule has 0 radical (unpaired) electrons. The van der Waals surface area contributed by atoms with Gasteiger partial charge in [-0.25, -0.2) is 9.78 Å². The van der Waals surface area contributed by atoms with E-state index in [9.17, 15) is 24.6 Å². The SMILES string of the molecule is C[C@@H](O)[C@H]1C(=O)N2C(C(=O)OCOC(=O)C(C)(C)C)=C(c3csc4c(CO)ncn34)C[C@H]12. The quantitative estimate of drug-likeness (QED) is 0.372. The topological polar surface area (TPSA) is 131 Å². The van der Waals surface area contributed by atoms with Gasteiger partial charge in [-0.15, -0.1) is 11.3 Å². The summed E-state index contributed by atoms with van der Waals surface area (Å²) in [5, 5.41) is 21.3.